The highest BCUT2D eigenvalue weighted by Crippen LogP contribution is 2.29. The Labute approximate surface area is 202 Å². The van der Waals surface area contributed by atoms with E-state index >= 15 is 0 Å². The Kier molecular flexibility index (Phi) is 6.32. The number of benzene rings is 2. The van der Waals surface area contributed by atoms with Crippen LogP contribution in [0.5, 0.6) is 0 Å². The third-order valence-electron chi connectivity index (χ3n) is 6.41. The number of imide groups is 1. The molecule has 3 aromatic rings. The molecule has 0 radical (unpaired) electrons. The van der Waals surface area contributed by atoms with E-state index in [1.54, 1.807) is 13.0 Å². The Hall–Kier alpha value is -3.45. The monoisotopic (exact) mass is 481 g/mol. The summed E-state index contributed by atoms with van der Waals surface area (Å²) in [4.78, 5) is 39.8. The number of aryl methyl sites for hydroxylation is 2. The first kappa shape index (κ1) is 23.7. The van der Waals surface area contributed by atoms with Crippen molar-refractivity contribution in [1.82, 2.24) is 14.8 Å². The smallest absolute Gasteiger partial charge is 0.325 e. The minimum atomic E-state index is -1.36. The maximum absolute atomic E-state index is 13.3. The van der Waals surface area contributed by atoms with Crippen LogP contribution in [0.4, 0.5) is 9.18 Å². The fourth-order valence-electron chi connectivity index (χ4n) is 4.37. The van der Waals surface area contributed by atoms with Crippen molar-refractivity contribution in [3.05, 3.63) is 93.5 Å². The van der Waals surface area contributed by atoms with E-state index in [-0.39, 0.29) is 12.3 Å². The van der Waals surface area contributed by atoms with Gasteiger partial charge < -0.3 is 9.88 Å². The molecule has 6 nitrogen and oxygen atoms in total. The standard InChI is InChI=1S/C26H25ClFN3O3/c1-16-14-22(17(2)30(16)13-12-18-4-8-20(27)9-5-18)23(32)15-31-24(33)26(3,29-25(31)34)19-6-10-21(28)11-7-19/h4-11,14H,12-13,15H2,1-3H3,(H,29,34). The number of Topliss-reactive ketones (excluding diaryl/α,β-unsaturated/α-hetero) is 1. The first-order valence-electron chi connectivity index (χ1n) is 10.9. The topological polar surface area (TPSA) is 71.4 Å². The highest BCUT2D eigenvalue weighted by atomic mass is 35.5. The van der Waals surface area contributed by atoms with Gasteiger partial charge in [-0.05, 0) is 68.7 Å². The van der Waals surface area contributed by atoms with Crippen molar-refractivity contribution in [1.29, 1.82) is 0 Å². The van der Waals surface area contributed by atoms with Crippen molar-refractivity contribution in [2.24, 2.45) is 0 Å². The lowest BCUT2D eigenvalue weighted by Gasteiger charge is -2.22. The second-order valence-corrected chi connectivity index (χ2v) is 9.13. The van der Waals surface area contributed by atoms with Crippen molar-refractivity contribution >= 4 is 29.3 Å². The van der Waals surface area contributed by atoms with Crippen LogP contribution in [-0.4, -0.2) is 33.7 Å². The average molecular weight is 482 g/mol. The summed E-state index contributed by atoms with van der Waals surface area (Å²) in [6, 6.07) is 14.1. The van der Waals surface area contributed by atoms with Gasteiger partial charge in [0.15, 0.2) is 5.78 Å². The van der Waals surface area contributed by atoms with Gasteiger partial charge >= 0.3 is 6.03 Å². The van der Waals surface area contributed by atoms with Gasteiger partial charge in [-0.15, -0.1) is 0 Å². The van der Waals surface area contributed by atoms with Crippen LogP contribution in [0.15, 0.2) is 54.6 Å². The zero-order chi connectivity index (χ0) is 24.6. The summed E-state index contributed by atoms with van der Waals surface area (Å²) in [6.07, 6.45) is 0.768. The number of nitrogens with one attached hydrogen (secondary N) is 1. The molecule has 1 unspecified atom stereocenters. The number of amides is 3. The molecule has 0 saturated carbocycles. The van der Waals surface area contributed by atoms with E-state index in [2.05, 4.69) is 9.88 Å². The van der Waals surface area contributed by atoms with Gasteiger partial charge in [-0.25, -0.2) is 9.18 Å². The van der Waals surface area contributed by atoms with E-state index in [4.69, 9.17) is 11.6 Å². The summed E-state index contributed by atoms with van der Waals surface area (Å²) in [5, 5.41) is 3.33. The summed E-state index contributed by atoms with van der Waals surface area (Å²) in [5.74, 6) is -1.31. The Morgan fingerprint density at radius 1 is 1.06 bits per heavy atom. The highest BCUT2D eigenvalue weighted by Gasteiger charge is 2.49. The van der Waals surface area contributed by atoms with Gasteiger partial charge in [-0.2, -0.15) is 0 Å². The molecule has 8 heteroatoms. The molecular weight excluding hydrogens is 457 g/mol. The molecule has 0 bridgehead atoms. The number of carbonyl (C=O) groups is 3. The second kappa shape index (κ2) is 9.06. The first-order chi connectivity index (χ1) is 16.1. The number of nitrogens with zero attached hydrogens (tertiary/aromatic N) is 2. The van der Waals surface area contributed by atoms with Gasteiger partial charge in [0, 0.05) is 28.5 Å². The molecule has 34 heavy (non-hydrogen) atoms. The Morgan fingerprint density at radius 3 is 2.35 bits per heavy atom. The number of urea groups is 1. The summed E-state index contributed by atoms with van der Waals surface area (Å²) in [7, 11) is 0. The van der Waals surface area contributed by atoms with Crippen LogP contribution in [0.25, 0.3) is 0 Å². The number of hydrogen-bond acceptors (Lipinski definition) is 3. The summed E-state index contributed by atoms with van der Waals surface area (Å²) in [6.45, 7) is 5.64. The van der Waals surface area contributed by atoms with Gasteiger partial charge in [0.05, 0.1) is 6.54 Å². The number of aromatic nitrogens is 1. The molecule has 1 saturated heterocycles. The summed E-state index contributed by atoms with van der Waals surface area (Å²) < 4.78 is 15.4. The first-order valence-corrected chi connectivity index (χ1v) is 11.3. The zero-order valence-electron chi connectivity index (χ0n) is 19.2. The van der Waals surface area contributed by atoms with E-state index in [0.717, 1.165) is 28.3 Å². The maximum Gasteiger partial charge on any atom is 0.325 e. The molecule has 1 atom stereocenters. The van der Waals surface area contributed by atoms with E-state index in [0.29, 0.717) is 22.7 Å². The van der Waals surface area contributed by atoms with Gasteiger partial charge in [0.2, 0.25) is 0 Å². The predicted octanol–water partition coefficient (Wildman–Crippen LogP) is 4.79. The van der Waals surface area contributed by atoms with Gasteiger partial charge in [-0.1, -0.05) is 35.9 Å². The molecule has 2 aromatic carbocycles. The Morgan fingerprint density at radius 2 is 1.71 bits per heavy atom. The van der Waals surface area contributed by atoms with Crippen LogP contribution in [0.3, 0.4) is 0 Å². The Bertz CT molecular complexity index is 1270. The van der Waals surface area contributed by atoms with Crippen LogP contribution in [0.2, 0.25) is 5.02 Å². The predicted molar refractivity (Wildman–Crippen MR) is 127 cm³/mol. The molecule has 0 aliphatic carbocycles. The van der Waals surface area contributed by atoms with Gasteiger partial charge in [0.1, 0.15) is 11.4 Å². The Balaban J connectivity index is 1.49. The lowest BCUT2D eigenvalue weighted by atomic mass is 9.92. The fourth-order valence-corrected chi connectivity index (χ4v) is 4.49. The largest absolute Gasteiger partial charge is 0.348 e. The van der Waals surface area contributed by atoms with Crippen LogP contribution < -0.4 is 5.32 Å². The molecule has 176 valence electrons. The van der Waals surface area contributed by atoms with Crippen LogP contribution in [-0.2, 0) is 23.3 Å². The number of carbonyl (C=O) groups excluding carboxylic acids is 3. The van der Waals surface area contributed by atoms with Crippen molar-refractivity contribution in [3.8, 4) is 0 Å². The maximum atomic E-state index is 13.3. The molecule has 2 heterocycles. The molecule has 1 fully saturated rings. The molecular formula is C26H25ClFN3O3. The van der Waals surface area contributed by atoms with Gasteiger partial charge in [-0.3, -0.25) is 14.5 Å². The molecule has 1 aliphatic heterocycles. The second-order valence-electron chi connectivity index (χ2n) is 8.69. The number of rotatable bonds is 7. The van der Waals surface area contributed by atoms with E-state index in [9.17, 15) is 18.8 Å². The molecule has 1 aliphatic rings. The number of ketones is 1. The van der Waals surface area contributed by atoms with Crippen LogP contribution in [0, 0.1) is 19.7 Å². The van der Waals surface area contributed by atoms with Gasteiger partial charge in [0.25, 0.3) is 5.91 Å². The molecule has 1 aromatic heterocycles. The van der Waals surface area contributed by atoms with E-state index in [1.807, 2.05) is 38.1 Å². The minimum Gasteiger partial charge on any atom is -0.348 e. The molecule has 0 spiro atoms. The molecule has 3 amide bonds. The SMILES string of the molecule is Cc1cc(C(=O)CN2C(=O)NC(C)(c3ccc(F)cc3)C2=O)c(C)n1CCc1ccc(Cl)cc1. The van der Waals surface area contributed by atoms with Crippen LogP contribution in [0.1, 0.15) is 39.8 Å². The van der Waals surface area contributed by atoms with Crippen molar-refractivity contribution in [3.63, 3.8) is 0 Å². The summed E-state index contributed by atoms with van der Waals surface area (Å²) in [5.41, 5.74) is 2.39. The fraction of sp³-hybridized carbons (Fsp3) is 0.269. The van der Waals surface area contributed by atoms with Crippen molar-refractivity contribution < 1.29 is 18.8 Å². The lowest BCUT2D eigenvalue weighted by Crippen LogP contribution is -2.41. The van der Waals surface area contributed by atoms with Crippen LogP contribution >= 0.6 is 11.6 Å². The number of hydrogen-bond donors (Lipinski definition) is 1. The third-order valence-corrected chi connectivity index (χ3v) is 6.66. The van der Waals surface area contributed by atoms with Crippen molar-refractivity contribution in [2.45, 2.75) is 39.3 Å². The quantitative estimate of drug-likeness (QED) is 0.389. The third kappa shape index (κ3) is 4.35. The average Bonchev–Trinajstić information content (AvgIpc) is 3.21. The lowest BCUT2D eigenvalue weighted by molar-refractivity contribution is -0.130. The molecule has 1 N–H and O–H groups in total. The highest BCUT2D eigenvalue weighted by molar-refractivity contribution is 6.30. The number of halogens is 2. The van der Waals surface area contributed by atoms with E-state index in [1.165, 1.54) is 24.3 Å². The minimum absolute atomic E-state index is 0.322. The summed E-state index contributed by atoms with van der Waals surface area (Å²) >= 11 is 5.95. The van der Waals surface area contributed by atoms with E-state index < -0.39 is 23.3 Å². The van der Waals surface area contributed by atoms with Crippen molar-refractivity contribution in [2.75, 3.05) is 6.54 Å². The zero-order valence-corrected chi connectivity index (χ0v) is 19.9. The molecule has 4 rings (SSSR count). The normalized spacial score (nSPS) is 17.9.